The second-order valence-corrected chi connectivity index (χ2v) is 5.64. The Labute approximate surface area is 122 Å². The molecule has 0 spiro atoms. The smallest absolute Gasteiger partial charge is 0.0958 e. The van der Waals surface area contributed by atoms with Crippen molar-refractivity contribution >= 4 is 23.8 Å². The fourth-order valence-electron chi connectivity index (χ4n) is 2.12. The summed E-state index contributed by atoms with van der Waals surface area (Å²) in [5, 5.41) is 0. The summed E-state index contributed by atoms with van der Waals surface area (Å²) in [6, 6.07) is 6.27. The van der Waals surface area contributed by atoms with E-state index in [4.69, 9.17) is 5.73 Å². The average molecular weight is 292 g/mol. The van der Waals surface area contributed by atoms with Crippen LogP contribution in [0.15, 0.2) is 18.2 Å². The third-order valence-electron chi connectivity index (χ3n) is 3.14. The fourth-order valence-corrected chi connectivity index (χ4v) is 2.12. The zero-order chi connectivity index (χ0) is 11.8. The molecule has 0 aliphatic carbocycles. The number of benzene rings is 1. The lowest BCUT2D eigenvalue weighted by Gasteiger charge is -2.28. The van der Waals surface area contributed by atoms with Crippen molar-refractivity contribution in [1.29, 1.82) is 0 Å². The number of halogens is 2. The van der Waals surface area contributed by atoms with Crippen LogP contribution in [-0.4, -0.2) is 45.3 Å². The number of rotatable bonds is 3. The van der Waals surface area contributed by atoms with Crippen molar-refractivity contribution in [2.75, 3.05) is 51.4 Å². The van der Waals surface area contributed by atoms with Crippen LogP contribution in [0.4, 0.5) is 11.4 Å². The van der Waals surface area contributed by atoms with Gasteiger partial charge in [-0.25, -0.2) is 0 Å². The van der Waals surface area contributed by atoms with Gasteiger partial charge in [0.2, 0.25) is 0 Å². The summed E-state index contributed by atoms with van der Waals surface area (Å²) in [5.74, 6) is 0. The monoisotopic (exact) mass is 291 g/mol. The van der Waals surface area contributed by atoms with Crippen molar-refractivity contribution < 1.29 is 16.9 Å². The Bertz CT molecular complexity index is 388. The summed E-state index contributed by atoms with van der Waals surface area (Å²) < 4.78 is 1.01. The molecule has 0 fully saturated rings. The van der Waals surface area contributed by atoms with Gasteiger partial charge in [-0.1, -0.05) is 6.07 Å². The maximum atomic E-state index is 5.84. The van der Waals surface area contributed by atoms with E-state index in [-0.39, 0.29) is 24.8 Å². The van der Waals surface area contributed by atoms with Crippen molar-refractivity contribution in [2.24, 2.45) is 0 Å². The molecule has 104 valence electrons. The first-order valence-electron chi connectivity index (χ1n) is 5.89. The quantitative estimate of drug-likeness (QED) is 0.558. The molecule has 18 heavy (non-hydrogen) atoms. The molecule has 1 aromatic rings. The van der Waals surface area contributed by atoms with E-state index in [9.17, 15) is 0 Å². The molecular formula is C13H23Cl2N3. The first-order chi connectivity index (χ1) is 7.46. The number of hydrogen-bond acceptors (Lipinski definition) is 2. The van der Waals surface area contributed by atoms with E-state index in [2.05, 4.69) is 38.2 Å². The number of nitrogen functional groups attached to an aromatic ring is 1. The molecule has 3 nitrogen and oxygen atoms in total. The van der Waals surface area contributed by atoms with Crippen LogP contribution in [0.1, 0.15) is 5.56 Å². The van der Waals surface area contributed by atoms with E-state index in [1.807, 2.05) is 6.07 Å². The number of nitrogens with zero attached hydrogens (tertiary/aromatic N) is 2. The summed E-state index contributed by atoms with van der Waals surface area (Å²) >= 11 is 0. The Kier molecular flexibility index (Phi) is 6.27. The Morgan fingerprint density at radius 3 is 2.56 bits per heavy atom. The maximum absolute atomic E-state index is 5.84. The molecule has 0 aromatic heterocycles. The van der Waals surface area contributed by atoms with Gasteiger partial charge in [0, 0.05) is 17.9 Å². The van der Waals surface area contributed by atoms with Crippen molar-refractivity contribution in [2.45, 2.75) is 6.42 Å². The number of fused-ring (bicyclic) bond motifs is 1. The lowest BCUT2D eigenvalue weighted by molar-refractivity contribution is -0.868. The van der Waals surface area contributed by atoms with Crippen LogP contribution in [0.2, 0.25) is 0 Å². The molecule has 0 amide bonds. The van der Waals surface area contributed by atoms with E-state index in [1.54, 1.807) is 0 Å². The summed E-state index contributed by atoms with van der Waals surface area (Å²) in [6.45, 7) is 3.41. The second kappa shape index (κ2) is 6.50. The molecule has 0 saturated heterocycles. The van der Waals surface area contributed by atoms with Gasteiger partial charge in [-0.05, 0) is 24.1 Å². The highest BCUT2D eigenvalue weighted by Crippen LogP contribution is 2.29. The summed E-state index contributed by atoms with van der Waals surface area (Å²) in [5.41, 5.74) is 9.50. The van der Waals surface area contributed by atoms with Gasteiger partial charge in [-0.3, -0.25) is 0 Å². The normalized spacial score (nSPS) is 13.6. The predicted molar refractivity (Wildman–Crippen MR) is 76.9 cm³/mol. The first kappa shape index (κ1) is 17.4. The van der Waals surface area contributed by atoms with Crippen LogP contribution >= 0.6 is 12.4 Å². The molecule has 1 aliphatic rings. The molecule has 2 rings (SSSR count). The van der Waals surface area contributed by atoms with Crippen LogP contribution in [-0.2, 0) is 6.42 Å². The van der Waals surface area contributed by atoms with Crippen LogP contribution in [0.3, 0.4) is 0 Å². The molecule has 0 radical (unpaired) electrons. The highest BCUT2D eigenvalue weighted by molar-refractivity contribution is 5.85. The van der Waals surface area contributed by atoms with Gasteiger partial charge in [0.25, 0.3) is 0 Å². The third kappa shape index (κ3) is 4.23. The molecule has 1 aromatic carbocycles. The molecule has 0 unspecified atom stereocenters. The molecule has 1 aliphatic heterocycles. The van der Waals surface area contributed by atoms with Crippen LogP contribution in [0.25, 0.3) is 0 Å². The molecule has 0 saturated carbocycles. The minimum Gasteiger partial charge on any atom is -1.00 e. The largest absolute Gasteiger partial charge is 1.00 e. The minimum atomic E-state index is 0. The molecule has 0 atom stereocenters. The van der Waals surface area contributed by atoms with Gasteiger partial charge in [-0.2, -0.15) is 0 Å². The topological polar surface area (TPSA) is 29.3 Å². The Hall–Kier alpha value is -0.640. The number of nitrogens with two attached hydrogens (primary N) is 1. The highest BCUT2D eigenvalue weighted by atomic mass is 35.5. The first-order valence-corrected chi connectivity index (χ1v) is 5.89. The molecule has 5 heteroatoms. The van der Waals surface area contributed by atoms with Gasteiger partial charge in [0.05, 0.1) is 34.2 Å². The summed E-state index contributed by atoms with van der Waals surface area (Å²) in [7, 11) is 6.70. The maximum Gasteiger partial charge on any atom is 0.0958 e. The van der Waals surface area contributed by atoms with Crippen molar-refractivity contribution in [3.63, 3.8) is 0 Å². The summed E-state index contributed by atoms with van der Waals surface area (Å²) in [6.07, 6.45) is 1.16. The number of hydrogen-bond donors (Lipinski definition) is 1. The van der Waals surface area contributed by atoms with E-state index in [1.165, 1.54) is 11.3 Å². The van der Waals surface area contributed by atoms with Crippen LogP contribution in [0.5, 0.6) is 0 Å². The fraction of sp³-hybridized carbons (Fsp3) is 0.538. The van der Waals surface area contributed by atoms with Gasteiger partial charge >= 0.3 is 0 Å². The van der Waals surface area contributed by atoms with Gasteiger partial charge in [0.1, 0.15) is 0 Å². The predicted octanol–water partition coefficient (Wildman–Crippen LogP) is -1.24. The second-order valence-electron chi connectivity index (χ2n) is 5.64. The van der Waals surface area contributed by atoms with E-state index in [0.717, 1.165) is 36.2 Å². The van der Waals surface area contributed by atoms with Crippen molar-refractivity contribution in [1.82, 2.24) is 0 Å². The van der Waals surface area contributed by atoms with Crippen LogP contribution < -0.4 is 23.0 Å². The standard InChI is InChI=1S/C13H22N3.2ClH/c1-16(2,3)9-8-15-7-6-11-4-5-12(14)10-13(11)15;;/h4-5,10H,6-9,14H2,1-3H3;2*1H/q+1;;/p-1. The molecule has 2 N–H and O–H groups in total. The SMILES string of the molecule is C[N+](C)(C)CCN1CCc2ccc(N)cc21.Cl.[Cl-]. The van der Waals surface area contributed by atoms with Crippen molar-refractivity contribution in [3.05, 3.63) is 23.8 Å². The summed E-state index contributed by atoms with van der Waals surface area (Å²) in [4.78, 5) is 2.45. The lowest BCUT2D eigenvalue weighted by atomic mass is 10.1. The highest BCUT2D eigenvalue weighted by Gasteiger charge is 2.20. The molecular weight excluding hydrogens is 269 g/mol. The van der Waals surface area contributed by atoms with E-state index in [0.29, 0.717) is 0 Å². The number of quaternary nitrogens is 1. The van der Waals surface area contributed by atoms with E-state index >= 15 is 0 Å². The van der Waals surface area contributed by atoms with Crippen molar-refractivity contribution in [3.8, 4) is 0 Å². The zero-order valence-corrected chi connectivity index (χ0v) is 12.9. The average Bonchev–Trinajstić information content (AvgIpc) is 2.56. The van der Waals surface area contributed by atoms with Gasteiger partial charge in [-0.15, -0.1) is 12.4 Å². The Balaban J connectivity index is 0.00000144. The van der Waals surface area contributed by atoms with Gasteiger partial charge in [0.15, 0.2) is 0 Å². The minimum absolute atomic E-state index is 0. The number of anilines is 2. The Morgan fingerprint density at radius 1 is 1.28 bits per heavy atom. The Morgan fingerprint density at radius 2 is 1.94 bits per heavy atom. The van der Waals surface area contributed by atoms with Crippen LogP contribution in [0, 0.1) is 0 Å². The zero-order valence-electron chi connectivity index (χ0n) is 11.3. The molecule has 1 heterocycles. The lowest BCUT2D eigenvalue weighted by Crippen LogP contribution is -3.00. The molecule has 0 bridgehead atoms. The third-order valence-corrected chi connectivity index (χ3v) is 3.14. The van der Waals surface area contributed by atoms with Gasteiger partial charge < -0.3 is 27.5 Å². The number of likely N-dealkylation sites (N-methyl/N-ethyl adjacent to an activating group) is 1. The van der Waals surface area contributed by atoms with E-state index < -0.39 is 0 Å².